The lowest BCUT2D eigenvalue weighted by Crippen LogP contribution is -2.34. The van der Waals surface area contributed by atoms with Gasteiger partial charge in [-0.2, -0.15) is 13.2 Å². The number of hydrogen-bond acceptors (Lipinski definition) is 2. The summed E-state index contributed by atoms with van der Waals surface area (Å²) in [5.74, 6) is 0. The number of rotatable bonds is 4. The fraction of sp³-hybridized carbons (Fsp3) is 0.571. The first kappa shape index (κ1) is 14.3. The average Bonchev–Trinajstić information content (AvgIpc) is 2.37. The van der Waals surface area contributed by atoms with Crippen molar-refractivity contribution in [2.24, 2.45) is 0 Å². The summed E-state index contributed by atoms with van der Waals surface area (Å²) in [6.45, 7) is 3.42. The van der Waals surface area contributed by atoms with Gasteiger partial charge in [0, 0.05) is 13.1 Å². The van der Waals surface area contributed by atoms with Crippen molar-refractivity contribution in [3.63, 3.8) is 0 Å². The van der Waals surface area contributed by atoms with E-state index in [1.807, 2.05) is 18.2 Å². The van der Waals surface area contributed by atoms with Crippen molar-refractivity contribution in [3.05, 3.63) is 34.9 Å². The molecule has 19 heavy (non-hydrogen) atoms. The molecule has 0 saturated carbocycles. The summed E-state index contributed by atoms with van der Waals surface area (Å²) < 4.78 is 37.4. The smallest absolute Gasteiger partial charge is 0.312 e. The Hall–Kier alpha value is -1.07. The third-order valence-corrected chi connectivity index (χ3v) is 3.48. The Labute approximate surface area is 111 Å². The fourth-order valence-corrected chi connectivity index (χ4v) is 2.53. The molecule has 5 heteroatoms. The summed E-state index contributed by atoms with van der Waals surface area (Å²) in [6, 6.07) is 5.93. The van der Waals surface area contributed by atoms with Crippen LogP contribution in [-0.4, -0.2) is 30.7 Å². The first-order valence-electron chi connectivity index (χ1n) is 6.59. The quantitative estimate of drug-likeness (QED) is 0.906. The van der Waals surface area contributed by atoms with E-state index in [9.17, 15) is 13.2 Å². The monoisotopic (exact) mass is 272 g/mol. The average molecular weight is 272 g/mol. The van der Waals surface area contributed by atoms with Gasteiger partial charge in [-0.05, 0) is 36.2 Å². The highest BCUT2D eigenvalue weighted by Gasteiger charge is 2.30. The van der Waals surface area contributed by atoms with Crippen LogP contribution >= 0.6 is 0 Å². The zero-order chi connectivity index (χ0) is 13.9. The van der Waals surface area contributed by atoms with Crippen molar-refractivity contribution < 1.29 is 13.2 Å². The van der Waals surface area contributed by atoms with Gasteiger partial charge in [0.2, 0.25) is 0 Å². The largest absolute Gasteiger partial charge is 0.401 e. The van der Waals surface area contributed by atoms with Crippen LogP contribution in [-0.2, 0) is 19.5 Å². The topological polar surface area (TPSA) is 15.3 Å². The van der Waals surface area contributed by atoms with Crippen molar-refractivity contribution in [2.45, 2.75) is 32.6 Å². The molecule has 0 radical (unpaired) electrons. The van der Waals surface area contributed by atoms with E-state index in [4.69, 9.17) is 0 Å². The normalized spacial score (nSPS) is 15.6. The number of benzene rings is 1. The van der Waals surface area contributed by atoms with Gasteiger partial charge in [-0.3, -0.25) is 4.90 Å². The highest BCUT2D eigenvalue weighted by Crippen LogP contribution is 2.22. The fourth-order valence-electron chi connectivity index (χ4n) is 2.53. The van der Waals surface area contributed by atoms with Crippen LogP contribution in [0.1, 0.15) is 23.6 Å². The van der Waals surface area contributed by atoms with Crippen molar-refractivity contribution in [2.75, 3.05) is 19.6 Å². The van der Waals surface area contributed by atoms with Crippen LogP contribution in [0.2, 0.25) is 0 Å². The van der Waals surface area contributed by atoms with Gasteiger partial charge < -0.3 is 5.32 Å². The van der Waals surface area contributed by atoms with Crippen molar-refractivity contribution >= 4 is 0 Å². The van der Waals surface area contributed by atoms with E-state index in [-0.39, 0.29) is 0 Å². The summed E-state index contributed by atoms with van der Waals surface area (Å²) in [7, 11) is 0. The van der Waals surface area contributed by atoms with E-state index >= 15 is 0 Å². The van der Waals surface area contributed by atoms with Crippen LogP contribution in [0.15, 0.2) is 18.2 Å². The van der Waals surface area contributed by atoms with Gasteiger partial charge in [-0.25, -0.2) is 0 Å². The molecule has 0 unspecified atom stereocenters. The molecule has 1 aliphatic heterocycles. The molecular formula is C14H19F3N2. The lowest BCUT2D eigenvalue weighted by Gasteiger charge is -2.26. The number of fused-ring (bicyclic) bond motifs is 1. The van der Waals surface area contributed by atoms with Crippen LogP contribution in [0, 0.1) is 0 Å². The molecule has 0 atom stereocenters. The lowest BCUT2D eigenvalue weighted by atomic mass is 9.95. The summed E-state index contributed by atoms with van der Waals surface area (Å²) in [5, 5.41) is 3.28. The molecule has 0 bridgehead atoms. The SMILES string of the molecule is CCN(Cc1cccc2c1CCNC2)CC(F)(F)F. The lowest BCUT2D eigenvalue weighted by molar-refractivity contribution is -0.146. The molecule has 2 rings (SSSR count). The van der Waals surface area contributed by atoms with Gasteiger partial charge in [0.05, 0.1) is 6.54 Å². The second-order valence-corrected chi connectivity index (χ2v) is 4.90. The Morgan fingerprint density at radius 3 is 2.79 bits per heavy atom. The third kappa shape index (κ3) is 3.94. The minimum atomic E-state index is -4.13. The Balaban J connectivity index is 2.13. The molecular weight excluding hydrogens is 253 g/mol. The molecule has 1 aromatic carbocycles. The predicted molar refractivity (Wildman–Crippen MR) is 68.9 cm³/mol. The number of nitrogens with one attached hydrogen (secondary N) is 1. The summed E-state index contributed by atoms with van der Waals surface area (Å²) >= 11 is 0. The van der Waals surface area contributed by atoms with Crippen molar-refractivity contribution in [1.29, 1.82) is 0 Å². The summed E-state index contributed by atoms with van der Waals surface area (Å²) in [5.41, 5.74) is 3.47. The molecule has 0 aromatic heterocycles. The predicted octanol–water partition coefficient (Wildman–Crippen LogP) is 2.72. The molecule has 2 nitrogen and oxygen atoms in total. The standard InChI is InChI=1S/C14H19F3N2/c1-2-19(10-14(15,16)17)9-12-5-3-4-11-8-18-7-6-13(11)12/h3-5,18H,2,6-10H2,1H3. The van der Waals surface area contributed by atoms with Gasteiger partial charge in [0.15, 0.2) is 0 Å². The van der Waals surface area contributed by atoms with Gasteiger partial charge in [-0.1, -0.05) is 25.1 Å². The molecule has 1 heterocycles. The second kappa shape index (κ2) is 5.92. The highest BCUT2D eigenvalue weighted by atomic mass is 19.4. The Bertz CT molecular complexity index is 429. The summed E-state index contributed by atoms with van der Waals surface area (Å²) in [6.07, 6.45) is -3.23. The van der Waals surface area contributed by atoms with Crippen LogP contribution < -0.4 is 5.32 Å². The van der Waals surface area contributed by atoms with Crippen molar-refractivity contribution in [1.82, 2.24) is 10.2 Å². The highest BCUT2D eigenvalue weighted by molar-refractivity contribution is 5.37. The first-order chi connectivity index (χ1) is 8.99. The van der Waals surface area contributed by atoms with Crippen LogP contribution in [0.5, 0.6) is 0 Å². The van der Waals surface area contributed by atoms with Gasteiger partial charge in [-0.15, -0.1) is 0 Å². The number of hydrogen-bond donors (Lipinski definition) is 1. The molecule has 0 aliphatic carbocycles. The maximum absolute atomic E-state index is 12.5. The molecule has 1 N–H and O–H groups in total. The van der Waals surface area contributed by atoms with E-state index in [1.54, 1.807) is 6.92 Å². The molecule has 0 saturated heterocycles. The van der Waals surface area contributed by atoms with Crippen LogP contribution in [0.25, 0.3) is 0 Å². The van der Waals surface area contributed by atoms with Crippen LogP contribution in [0.4, 0.5) is 13.2 Å². The van der Waals surface area contributed by atoms with E-state index in [1.165, 1.54) is 16.0 Å². The molecule has 0 amide bonds. The Morgan fingerprint density at radius 2 is 2.11 bits per heavy atom. The van der Waals surface area contributed by atoms with Gasteiger partial charge >= 0.3 is 6.18 Å². The van der Waals surface area contributed by atoms with Crippen LogP contribution in [0.3, 0.4) is 0 Å². The zero-order valence-corrected chi connectivity index (χ0v) is 11.1. The maximum Gasteiger partial charge on any atom is 0.401 e. The number of nitrogens with zero attached hydrogens (tertiary/aromatic N) is 1. The number of alkyl halides is 3. The maximum atomic E-state index is 12.5. The molecule has 0 spiro atoms. The van der Waals surface area contributed by atoms with E-state index in [0.717, 1.165) is 25.1 Å². The third-order valence-electron chi connectivity index (χ3n) is 3.48. The first-order valence-corrected chi connectivity index (χ1v) is 6.59. The minimum absolute atomic E-state index is 0.374. The minimum Gasteiger partial charge on any atom is -0.312 e. The molecule has 0 fully saturated rings. The van der Waals surface area contributed by atoms with E-state index < -0.39 is 12.7 Å². The van der Waals surface area contributed by atoms with Gasteiger partial charge in [0.25, 0.3) is 0 Å². The second-order valence-electron chi connectivity index (χ2n) is 4.90. The summed E-state index contributed by atoms with van der Waals surface area (Å²) in [4.78, 5) is 1.44. The molecule has 1 aliphatic rings. The number of halogens is 3. The molecule has 1 aromatic rings. The Kier molecular flexibility index (Phi) is 4.47. The Morgan fingerprint density at radius 1 is 1.32 bits per heavy atom. The zero-order valence-electron chi connectivity index (χ0n) is 11.1. The van der Waals surface area contributed by atoms with Gasteiger partial charge in [0.1, 0.15) is 0 Å². The van der Waals surface area contributed by atoms with E-state index in [0.29, 0.717) is 13.1 Å². The van der Waals surface area contributed by atoms with Crippen molar-refractivity contribution in [3.8, 4) is 0 Å². The van der Waals surface area contributed by atoms with E-state index in [2.05, 4.69) is 5.32 Å². The molecule has 106 valence electrons.